The first-order chi connectivity index (χ1) is 13.4. The summed E-state index contributed by atoms with van der Waals surface area (Å²) in [6, 6.07) is 23.3. The molecule has 0 bridgehead atoms. The molecule has 3 aromatic rings. The minimum Gasteiger partial charge on any atom is -0.484 e. The average Bonchev–Trinajstić information content (AvgIpc) is 2.71. The number of carbonyl (C=O) groups excluding carboxylic acids is 1. The second-order valence-electron chi connectivity index (χ2n) is 7.72. The van der Waals surface area contributed by atoms with Crippen LogP contribution in [0.1, 0.15) is 31.9 Å². The van der Waals surface area contributed by atoms with Crippen LogP contribution in [0, 0.1) is 0 Å². The van der Waals surface area contributed by atoms with Gasteiger partial charge in [-0.2, -0.15) is 0 Å². The van der Waals surface area contributed by atoms with Crippen molar-refractivity contribution in [2.45, 2.75) is 32.7 Å². The highest BCUT2D eigenvalue weighted by Crippen LogP contribution is 2.24. The molecule has 0 N–H and O–H groups in total. The molecule has 0 aliphatic carbocycles. The number of rotatable bonds is 6. The summed E-state index contributed by atoms with van der Waals surface area (Å²) in [6.07, 6.45) is 1.69. The first-order valence-electron chi connectivity index (χ1n) is 9.42. The Kier molecular flexibility index (Phi) is 6.09. The van der Waals surface area contributed by atoms with Crippen LogP contribution in [0.3, 0.4) is 0 Å². The van der Waals surface area contributed by atoms with Crippen LogP contribution in [0.5, 0.6) is 5.75 Å². The number of benzene rings is 2. The average molecular weight is 374 g/mol. The Morgan fingerprint density at radius 3 is 2.21 bits per heavy atom. The first-order valence-corrected chi connectivity index (χ1v) is 9.42. The van der Waals surface area contributed by atoms with Gasteiger partial charge >= 0.3 is 0 Å². The van der Waals surface area contributed by atoms with Crippen molar-refractivity contribution in [1.29, 1.82) is 0 Å². The van der Waals surface area contributed by atoms with Gasteiger partial charge in [0.15, 0.2) is 6.61 Å². The molecule has 1 amide bonds. The van der Waals surface area contributed by atoms with E-state index >= 15 is 0 Å². The number of hydrogen-bond acceptors (Lipinski definition) is 3. The van der Waals surface area contributed by atoms with Gasteiger partial charge in [0.2, 0.25) is 0 Å². The molecule has 28 heavy (non-hydrogen) atoms. The Bertz CT molecular complexity index is 885. The SMILES string of the molecule is CC(C)(C)c1ccc(OCC(=O)N(Cc2ccccc2)c2ccccn2)cc1. The third kappa shape index (κ3) is 5.19. The summed E-state index contributed by atoms with van der Waals surface area (Å²) in [5.74, 6) is 1.16. The number of pyridine rings is 1. The van der Waals surface area contributed by atoms with E-state index in [4.69, 9.17) is 4.74 Å². The van der Waals surface area contributed by atoms with Crippen molar-refractivity contribution in [2.75, 3.05) is 11.5 Å². The van der Waals surface area contributed by atoms with Crippen molar-refractivity contribution in [1.82, 2.24) is 4.98 Å². The standard InChI is InChI=1S/C24H26N2O2/c1-24(2,3)20-12-14-21(15-13-20)28-18-23(27)26(22-11-7-8-16-25-22)17-19-9-5-4-6-10-19/h4-16H,17-18H2,1-3H3. The predicted molar refractivity (Wildman–Crippen MR) is 113 cm³/mol. The van der Waals surface area contributed by atoms with Gasteiger partial charge in [-0.3, -0.25) is 9.69 Å². The zero-order chi connectivity index (χ0) is 20.0. The Hall–Kier alpha value is -3.14. The van der Waals surface area contributed by atoms with Gasteiger partial charge in [-0.1, -0.05) is 69.3 Å². The smallest absolute Gasteiger partial charge is 0.266 e. The highest BCUT2D eigenvalue weighted by Gasteiger charge is 2.18. The molecule has 0 saturated heterocycles. The quantitative estimate of drug-likeness (QED) is 0.610. The van der Waals surface area contributed by atoms with Crippen molar-refractivity contribution in [3.63, 3.8) is 0 Å². The summed E-state index contributed by atoms with van der Waals surface area (Å²) < 4.78 is 5.76. The molecule has 144 valence electrons. The fraction of sp³-hybridized carbons (Fsp3) is 0.250. The lowest BCUT2D eigenvalue weighted by atomic mass is 9.87. The van der Waals surface area contributed by atoms with Crippen LogP contribution in [-0.2, 0) is 16.8 Å². The van der Waals surface area contributed by atoms with Crippen molar-refractivity contribution in [2.24, 2.45) is 0 Å². The maximum Gasteiger partial charge on any atom is 0.266 e. The lowest BCUT2D eigenvalue weighted by Gasteiger charge is -2.22. The summed E-state index contributed by atoms with van der Waals surface area (Å²) in [4.78, 5) is 18.9. The minimum absolute atomic E-state index is 0.0434. The molecule has 1 heterocycles. The molecule has 0 fully saturated rings. The number of amides is 1. The zero-order valence-electron chi connectivity index (χ0n) is 16.6. The van der Waals surface area contributed by atoms with Crippen molar-refractivity contribution in [3.05, 3.63) is 90.1 Å². The molecule has 0 atom stereocenters. The molecule has 1 aromatic heterocycles. The molecule has 3 rings (SSSR count). The molecule has 0 radical (unpaired) electrons. The Balaban J connectivity index is 1.71. The van der Waals surface area contributed by atoms with E-state index in [1.807, 2.05) is 72.8 Å². The predicted octanol–water partition coefficient (Wildman–Crippen LogP) is 4.99. The van der Waals surface area contributed by atoms with Crippen LogP contribution >= 0.6 is 0 Å². The third-order valence-electron chi connectivity index (χ3n) is 4.49. The van der Waals surface area contributed by atoms with E-state index in [9.17, 15) is 4.79 Å². The molecule has 0 unspecified atom stereocenters. The van der Waals surface area contributed by atoms with Crippen LogP contribution < -0.4 is 9.64 Å². The normalized spacial score (nSPS) is 11.1. The summed E-state index contributed by atoms with van der Waals surface area (Å²) >= 11 is 0. The van der Waals surface area contributed by atoms with E-state index in [0.29, 0.717) is 18.1 Å². The van der Waals surface area contributed by atoms with Crippen LogP contribution in [0.2, 0.25) is 0 Å². The van der Waals surface area contributed by atoms with Gasteiger partial charge in [0, 0.05) is 6.20 Å². The number of anilines is 1. The van der Waals surface area contributed by atoms with Gasteiger partial charge in [-0.05, 0) is 40.8 Å². The minimum atomic E-state index is -0.137. The molecular formula is C24H26N2O2. The monoisotopic (exact) mass is 374 g/mol. The van der Waals surface area contributed by atoms with Crippen LogP contribution in [0.25, 0.3) is 0 Å². The molecule has 2 aromatic carbocycles. The fourth-order valence-corrected chi connectivity index (χ4v) is 2.85. The molecular weight excluding hydrogens is 348 g/mol. The number of ether oxygens (including phenoxy) is 1. The van der Waals surface area contributed by atoms with Crippen LogP contribution in [0.4, 0.5) is 5.82 Å². The number of carbonyl (C=O) groups is 1. The van der Waals surface area contributed by atoms with Crippen molar-refractivity contribution < 1.29 is 9.53 Å². The van der Waals surface area contributed by atoms with Gasteiger partial charge < -0.3 is 4.74 Å². The molecule has 0 aliphatic heterocycles. The molecule has 0 spiro atoms. The number of aromatic nitrogens is 1. The summed E-state index contributed by atoms with van der Waals surface area (Å²) in [5, 5.41) is 0. The molecule has 4 heteroatoms. The van der Waals surface area contributed by atoms with Crippen LogP contribution in [0.15, 0.2) is 79.0 Å². The van der Waals surface area contributed by atoms with E-state index in [0.717, 1.165) is 5.56 Å². The third-order valence-corrected chi connectivity index (χ3v) is 4.49. The maximum atomic E-state index is 12.9. The van der Waals surface area contributed by atoms with E-state index in [1.165, 1.54) is 5.56 Å². The largest absolute Gasteiger partial charge is 0.484 e. The van der Waals surface area contributed by atoms with Gasteiger partial charge in [0.05, 0.1) is 6.54 Å². The van der Waals surface area contributed by atoms with Crippen molar-refractivity contribution in [3.8, 4) is 5.75 Å². The maximum absolute atomic E-state index is 12.9. The topological polar surface area (TPSA) is 42.4 Å². The second-order valence-corrected chi connectivity index (χ2v) is 7.72. The summed E-state index contributed by atoms with van der Waals surface area (Å²) in [7, 11) is 0. The van der Waals surface area contributed by atoms with E-state index in [1.54, 1.807) is 11.1 Å². The van der Waals surface area contributed by atoms with E-state index < -0.39 is 0 Å². The number of hydrogen-bond donors (Lipinski definition) is 0. The summed E-state index contributed by atoms with van der Waals surface area (Å²) in [6.45, 7) is 6.91. The zero-order valence-corrected chi connectivity index (χ0v) is 16.6. The molecule has 4 nitrogen and oxygen atoms in total. The Morgan fingerprint density at radius 2 is 1.61 bits per heavy atom. The summed E-state index contributed by atoms with van der Waals surface area (Å²) in [5.41, 5.74) is 2.35. The highest BCUT2D eigenvalue weighted by atomic mass is 16.5. The Morgan fingerprint density at radius 1 is 0.929 bits per heavy atom. The molecule has 0 saturated carbocycles. The van der Waals surface area contributed by atoms with Gasteiger partial charge in [-0.15, -0.1) is 0 Å². The Labute approximate surface area is 166 Å². The van der Waals surface area contributed by atoms with Crippen molar-refractivity contribution >= 4 is 11.7 Å². The fourth-order valence-electron chi connectivity index (χ4n) is 2.85. The number of nitrogens with zero attached hydrogens (tertiary/aromatic N) is 2. The van der Waals surface area contributed by atoms with E-state index in [2.05, 4.69) is 25.8 Å². The van der Waals surface area contributed by atoms with Gasteiger partial charge in [-0.25, -0.2) is 4.98 Å². The second kappa shape index (κ2) is 8.70. The van der Waals surface area contributed by atoms with E-state index in [-0.39, 0.29) is 17.9 Å². The first kappa shape index (κ1) is 19.6. The highest BCUT2D eigenvalue weighted by molar-refractivity contribution is 5.93. The lowest BCUT2D eigenvalue weighted by Crippen LogP contribution is -2.35. The van der Waals surface area contributed by atoms with Crippen LogP contribution in [-0.4, -0.2) is 17.5 Å². The van der Waals surface area contributed by atoms with Gasteiger partial charge in [0.25, 0.3) is 5.91 Å². The lowest BCUT2D eigenvalue weighted by molar-refractivity contribution is -0.120. The van der Waals surface area contributed by atoms with Gasteiger partial charge in [0.1, 0.15) is 11.6 Å². The molecule has 0 aliphatic rings.